The number of hydrogen-bond donors (Lipinski definition) is 1. The number of carbonyl (C=O) groups is 1. The van der Waals surface area contributed by atoms with Crippen molar-refractivity contribution >= 4 is 28.1 Å². The molecule has 1 N–H and O–H groups in total. The van der Waals surface area contributed by atoms with Gasteiger partial charge in [0.2, 0.25) is 0 Å². The molecular formula is C13H10FN3O3S. The molecule has 1 aromatic heterocycles. The monoisotopic (exact) mass is 307 g/mol. The first-order chi connectivity index (χ1) is 10.0. The Bertz CT molecular complexity index is 727. The van der Waals surface area contributed by atoms with Crippen LogP contribution in [0.25, 0.3) is 0 Å². The van der Waals surface area contributed by atoms with E-state index in [0.29, 0.717) is 11.0 Å². The van der Waals surface area contributed by atoms with Crippen molar-refractivity contribution in [3.05, 3.63) is 50.8 Å². The van der Waals surface area contributed by atoms with Crippen molar-refractivity contribution in [1.82, 2.24) is 4.98 Å². The summed E-state index contributed by atoms with van der Waals surface area (Å²) < 4.78 is 13.6. The van der Waals surface area contributed by atoms with Gasteiger partial charge in [-0.25, -0.2) is 9.37 Å². The summed E-state index contributed by atoms with van der Waals surface area (Å²) in [6.45, 7) is 0. The smallest absolute Gasteiger partial charge is 0.270 e. The van der Waals surface area contributed by atoms with Crippen molar-refractivity contribution in [3.8, 4) is 0 Å². The molecular weight excluding hydrogens is 297 g/mol. The fourth-order valence-corrected chi connectivity index (χ4v) is 2.66. The first-order valence-corrected chi connectivity index (χ1v) is 7.13. The lowest BCUT2D eigenvalue weighted by molar-refractivity contribution is -0.384. The van der Waals surface area contributed by atoms with E-state index < -0.39 is 16.6 Å². The summed E-state index contributed by atoms with van der Waals surface area (Å²) in [5.41, 5.74) is 0.224. The number of benzene rings is 1. The standard InChI is InChI=1S/C13H10FN3O3S/c14-10-4-3-8(17(19)20)5-9(10)12(18)16-13-15-11(6-21-13)7-1-2-7/h3-7H,1-2H2,(H,15,16,18). The molecule has 1 saturated carbocycles. The Hall–Kier alpha value is -2.35. The quantitative estimate of drug-likeness (QED) is 0.693. The van der Waals surface area contributed by atoms with E-state index in [9.17, 15) is 19.3 Å². The summed E-state index contributed by atoms with van der Waals surface area (Å²) in [5, 5.41) is 15.4. The molecule has 0 unspecified atom stereocenters. The van der Waals surface area contributed by atoms with Gasteiger partial charge in [-0.15, -0.1) is 11.3 Å². The van der Waals surface area contributed by atoms with Crippen LogP contribution in [0.15, 0.2) is 23.6 Å². The highest BCUT2D eigenvalue weighted by Crippen LogP contribution is 2.40. The molecule has 2 aromatic rings. The van der Waals surface area contributed by atoms with E-state index in [1.165, 1.54) is 11.3 Å². The molecule has 0 bridgehead atoms. The van der Waals surface area contributed by atoms with Crippen molar-refractivity contribution in [1.29, 1.82) is 0 Å². The Morgan fingerprint density at radius 3 is 2.90 bits per heavy atom. The number of hydrogen-bond acceptors (Lipinski definition) is 5. The second kappa shape index (κ2) is 5.21. The number of thiazole rings is 1. The molecule has 1 aliphatic carbocycles. The maximum Gasteiger partial charge on any atom is 0.270 e. The van der Waals surface area contributed by atoms with Crippen LogP contribution in [-0.4, -0.2) is 15.8 Å². The number of aromatic nitrogens is 1. The molecule has 1 amide bonds. The Kier molecular flexibility index (Phi) is 3.38. The number of nitrogens with one attached hydrogen (secondary N) is 1. The van der Waals surface area contributed by atoms with Gasteiger partial charge in [0.05, 0.1) is 16.2 Å². The summed E-state index contributed by atoms with van der Waals surface area (Å²) >= 11 is 1.26. The van der Waals surface area contributed by atoms with Crippen molar-refractivity contribution in [3.63, 3.8) is 0 Å². The highest BCUT2D eigenvalue weighted by atomic mass is 32.1. The fraction of sp³-hybridized carbons (Fsp3) is 0.231. The van der Waals surface area contributed by atoms with Gasteiger partial charge in [0, 0.05) is 23.4 Å². The van der Waals surface area contributed by atoms with Gasteiger partial charge >= 0.3 is 0 Å². The fourth-order valence-electron chi connectivity index (χ4n) is 1.88. The molecule has 108 valence electrons. The molecule has 1 fully saturated rings. The first-order valence-electron chi connectivity index (χ1n) is 6.25. The average Bonchev–Trinajstić information content (AvgIpc) is 3.20. The zero-order valence-corrected chi connectivity index (χ0v) is 11.5. The SMILES string of the molecule is O=C(Nc1nc(C2CC2)cs1)c1cc([N+](=O)[O-])ccc1F. The highest BCUT2D eigenvalue weighted by molar-refractivity contribution is 7.14. The number of carbonyl (C=O) groups excluding carboxylic acids is 1. The molecule has 6 nitrogen and oxygen atoms in total. The van der Waals surface area contributed by atoms with Gasteiger partial charge in [-0.05, 0) is 18.9 Å². The molecule has 0 aliphatic heterocycles. The van der Waals surface area contributed by atoms with Crippen molar-refractivity contribution in [2.24, 2.45) is 0 Å². The van der Waals surface area contributed by atoms with Crippen LogP contribution in [0.4, 0.5) is 15.2 Å². The van der Waals surface area contributed by atoms with Gasteiger partial charge < -0.3 is 0 Å². The highest BCUT2D eigenvalue weighted by Gasteiger charge is 2.26. The van der Waals surface area contributed by atoms with E-state index in [1.807, 2.05) is 5.38 Å². The lowest BCUT2D eigenvalue weighted by Crippen LogP contribution is -2.14. The minimum Gasteiger partial charge on any atom is -0.298 e. The Labute approximate surface area is 122 Å². The molecule has 1 aliphatic rings. The number of amides is 1. The summed E-state index contributed by atoms with van der Waals surface area (Å²) in [6, 6.07) is 2.84. The molecule has 1 heterocycles. The summed E-state index contributed by atoms with van der Waals surface area (Å²) in [6.07, 6.45) is 2.19. The summed E-state index contributed by atoms with van der Waals surface area (Å²) in [4.78, 5) is 26.2. The van der Waals surface area contributed by atoms with Crippen LogP contribution in [0.1, 0.15) is 34.8 Å². The van der Waals surface area contributed by atoms with E-state index in [1.54, 1.807) is 0 Å². The number of nitrogens with zero attached hydrogens (tertiary/aromatic N) is 2. The molecule has 1 aromatic carbocycles. The van der Waals surface area contributed by atoms with Crippen molar-refractivity contribution in [2.45, 2.75) is 18.8 Å². The molecule has 0 atom stereocenters. The third-order valence-corrected chi connectivity index (χ3v) is 3.92. The molecule has 0 saturated heterocycles. The number of halogens is 1. The minimum absolute atomic E-state index is 0.334. The van der Waals surface area contributed by atoms with Crippen LogP contribution in [-0.2, 0) is 0 Å². The van der Waals surface area contributed by atoms with Crippen LogP contribution in [0.5, 0.6) is 0 Å². The predicted octanol–water partition coefficient (Wildman–Crippen LogP) is 3.32. The second-order valence-electron chi connectivity index (χ2n) is 4.73. The predicted molar refractivity (Wildman–Crippen MR) is 75.1 cm³/mol. The zero-order valence-electron chi connectivity index (χ0n) is 10.7. The molecule has 0 radical (unpaired) electrons. The Balaban J connectivity index is 1.80. The Morgan fingerprint density at radius 2 is 2.24 bits per heavy atom. The third-order valence-electron chi connectivity index (χ3n) is 3.14. The van der Waals surface area contributed by atoms with E-state index >= 15 is 0 Å². The molecule has 8 heteroatoms. The van der Waals surface area contributed by atoms with E-state index in [4.69, 9.17) is 0 Å². The first kappa shape index (κ1) is 13.6. The maximum absolute atomic E-state index is 13.6. The molecule has 21 heavy (non-hydrogen) atoms. The van der Waals surface area contributed by atoms with E-state index in [0.717, 1.165) is 36.7 Å². The van der Waals surface area contributed by atoms with Gasteiger partial charge in [0.15, 0.2) is 5.13 Å². The number of nitro benzene ring substituents is 1. The van der Waals surface area contributed by atoms with Crippen LogP contribution in [0, 0.1) is 15.9 Å². The van der Waals surface area contributed by atoms with Gasteiger partial charge in [0.25, 0.3) is 11.6 Å². The second-order valence-corrected chi connectivity index (χ2v) is 5.59. The van der Waals surface area contributed by atoms with Crippen LogP contribution < -0.4 is 5.32 Å². The average molecular weight is 307 g/mol. The lowest BCUT2D eigenvalue weighted by atomic mass is 10.2. The lowest BCUT2D eigenvalue weighted by Gasteiger charge is -2.03. The zero-order chi connectivity index (χ0) is 15.0. The topological polar surface area (TPSA) is 85.1 Å². The van der Waals surface area contributed by atoms with Crippen LogP contribution >= 0.6 is 11.3 Å². The van der Waals surface area contributed by atoms with Gasteiger partial charge in [-0.3, -0.25) is 20.2 Å². The van der Waals surface area contributed by atoms with Gasteiger partial charge in [0.1, 0.15) is 5.82 Å². The number of non-ortho nitro benzene ring substituents is 1. The van der Waals surface area contributed by atoms with Gasteiger partial charge in [-0.2, -0.15) is 0 Å². The van der Waals surface area contributed by atoms with E-state index in [-0.39, 0.29) is 11.3 Å². The van der Waals surface area contributed by atoms with Crippen molar-refractivity contribution in [2.75, 3.05) is 5.32 Å². The maximum atomic E-state index is 13.6. The minimum atomic E-state index is -0.808. The molecule has 3 rings (SSSR count). The Morgan fingerprint density at radius 1 is 1.48 bits per heavy atom. The summed E-state index contributed by atoms with van der Waals surface area (Å²) in [7, 11) is 0. The van der Waals surface area contributed by atoms with E-state index in [2.05, 4.69) is 10.3 Å². The third kappa shape index (κ3) is 2.89. The number of rotatable bonds is 4. The number of nitro groups is 1. The molecule has 0 spiro atoms. The van der Waals surface area contributed by atoms with Crippen molar-refractivity contribution < 1.29 is 14.1 Å². The number of anilines is 1. The normalized spacial score (nSPS) is 14.0. The van der Waals surface area contributed by atoms with Crippen LogP contribution in [0.2, 0.25) is 0 Å². The van der Waals surface area contributed by atoms with Gasteiger partial charge in [-0.1, -0.05) is 0 Å². The largest absolute Gasteiger partial charge is 0.298 e. The summed E-state index contributed by atoms with van der Waals surface area (Å²) in [5.74, 6) is -1.09. The van der Waals surface area contributed by atoms with Crippen LogP contribution in [0.3, 0.4) is 0 Å².